The topological polar surface area (TPSA) is 66.9 Å². The van der Waals surface area contributed by atoms with E-state index in [1.165, 1.54) is 12.7 Å². The summed E-state index contributed by atoms with van der Waals surface area (Å²) in [7, 11) is 1.37. The van der Waals surface area contributed by atoms with E-state index in [4.69, 9.17) is 14.2 Å². The third kappa shape index (κ3) is 7.22. The molecule has 0 radical (unpaired) electrons. The van der Waals surface area contributed by atoms with Crippen LogP contribution in [0.3, 0.4) is 0 Å². The smallest absolute Gasteiger partial charge is 0.308 e. The van der Waals surface area contributed by atoms with Crippen molar-refractivity contribution in [2.24, 2.45) is 0 Å². The summed E-state index contributed by atoms with van der Waals surface area (Å²) < 4.78 is 22.5. The molecule has 0 amide bonds. The van der Waals surface area contributed by atoms with Crippen LogP contribution in [0, 0.1) is 6.92 Å². The number of carbonyl (C=O) groups excluding carboxylic acids is 1. The second-order valence-corrected chi connectivity index (χ2v) is 8.58. The number of ether oxygens (including phenoxy) is 4. The maximum Gasteiger partial charge on any atom is 0.308 e. The van der Waals surface area contributed by atoms with Gasteiger partial charge in [-0.25, -0.2) is 4.98 Å². The first-order valence-corrected chi connectivity index (χ1v) is 12.0. The molecule has 1 aromatic heterocycles. The predicted molar refractivity (Wildman–Crippen MR) is 130 cm³/mol. The van der Waals surface area contributed by atoms with E-state index >= 15 is 0 Å². The Balaban J connectivity index is 1.51. The lowest BCUT2D eigenvalue weighted by Crippen LogP contribution is -2.16. The lowest BCUT2D eigenvalue weighted by molar-refractivity contribution is -0.141. The molecule has 3 rings (SSSR count). The van der Waals surface area contributed by atoms with Crippen LogP contribution in [0.1, 0.15) is 37.8 Å². The van der Waals surface area contributed by atoms with E-state index in [2.05, 4.69) is 28.8 Å². The highest BCUT2D eigenvalue weighted by molar-refractivity contribution is 7.13. The van der Waals surface area contributed by atoms with Crippen LogP contribution in [-0.4, -0.2) is 37.4 Å². The van der Waals surface area contributed by atoms with Gasteiger partial charge >= 0.3 is 5.97 Å². The third-order valence-corrected chi connectivity index (χ3v) is 5.98. The summed E-state index contributed by atoms with van der Waals surface area (Å²) in [6.07, 6.45) is 3.73. The number of aromatic nitrogens is 1. The molecule has 0 aliphatic heterocycles. The summed E-state index contributed by atoms with van der Waals surface area (Å²) >= 11 is 1.61. The van der Waals surface area contributed by atoms with Crippen molar-refractivity contribution < 1.29 is 23.7 Å². The number of nitrogens with zero attached hydrogens (tertiary/aromatic N) is 1. The summed E-state index contributed by atoms with van der Waals surface area (Å²) in [5.41, 5.74) is 3.25. The van der Waals surface area contributed by atoms with Gasteiger partial charge in [-0.2, -0.15) is 0 Å². The highest BCUT2D eigenvalue weighted by atomic mass is 32.1. The Hall–Kier alpha value is -3.06. The number of thiazole rings is 1. The first kappa shape index (κ1) is 24.6. The minimum atomic E-state index is -0.288. The van der Waals surface area contributed by atoms with Crippen LogP contribution in [0.5, 0.6) is 17.2 Å². The molecule has 176 valence electrons. The highest BCUT2D eigenvalue weighted by Crippen LogP contribution is 2.33. The first-order chi connectivity index (χ1) is 16.0. The number of hydrogen-bond acceptors (Lipinski definition) is 7. The first-order valence-electron chi connectivity index (χ1n) is 11.1. The molecule has 6 nitrogen and oxygen atoms in total. The van der Waals surface area contributed by atoms with Gasteiger partial charge in [-0.1, -0.05) is 13.0 Å². The number of aryl methyl sites for hydroxylation is 2. The van der Waals surface area contributed by atoms with Crippen LogP contribution in [-0.2, 0) is 16.0 Å². The van der Waals surface area contributed by atoms with E-state index in [1.54, 1.807) is 11.3 Å². The zero-order valence-corrected chi connectivity index (χ0v) is 20.4. The summed E-state index contributed by atoms with van der Waals surface area (Å²) in [6.45, 7) is 6.95. The fourth-order valence-corrected chi connectivity index (χ4v) is 3.92. The van der Waals surface area contributed by atoms with Gasteiger partial charge in [-0.05, 0) is 61.7 Å². The molecule has 33 heavy (non-hydrogen) atoms. The molecule has 1 heterocycles. The number of benzene rings is 2. The molecule has 0 aliphatic rings. The van der Waals surface area contributed by atoms with Gasteiger partial charge < -0.3 is 18.9 Å². The van der Waals surface area contributed by atoms with Gasteiger partial charge in [0.25, 0.3) is 0 Å². The fraction of sp³-hybridized carbons (Fsp3) is 0.385. The van der Waals surface area contributed by atoms with Gasteiger partial charge in [0.2, 0.25) is 0 Å². The zero-order valence-electron chi connectivity index (χ0n) is 19.6. The molecule has 0 fully saturated rings. The van der Waals surface area contributed by atoms with Crippen LogP contribution >= 0.6 is 11.3 Å². The molecular formula is C26H31NO5S. The molecular weight excluding hydrogens is 438 g/mol. The predicted octanol–water partition coefficient (Wildman–Crippen LogP) is 5.86. The largest absolute Gasteiger partial charge is 0.493 e. The Morgan fingerprint density at radius 2 is 1.91 bits per heavy atom. The fourth-order valence-electron chi connectivity index (χ4n) is 3.26. The van der Waals surface area contributed by atoms with Crippen molar-refractivity contribution >= 4 is 17.3 Å². The van der Waals surface area contributed by atoms with E-state index in [1.807, 2.05) is 49.7 Å². The van der Waals surface area contributed by atoms with Gasteiger partial charge in [0, 0.05) is 18.0 Å². The Morgan fingerprint density at radius 1 is 1.09 bits per heavy atom. The molecule has 0 spiro atoms. The second-order valence-electron chi connectivity index (χ2n) is 7.69. The number of carbonyl (C=O) groups is 1. The molecule has 2 aromatic carbocycles. The monoisotopic (exact) mass is 469 g/mol. The van der Waals surface area contributed by atoms with Crippen molar-refractivity contribution in [1.82, 2.24) is 4.98 Å². The van der Waals surface area contributed by atoms with E-state index in [-0.39, 0.29) is 25.1 Å². The molecule has 0 aliphatic carbocycles. The lowest BCUT2D eigenvalue weighted by atomic mass is 10.1. The molecule has 7 heteroatoms. The summed E-state index contributed by atoms with van der Waals surface area (Å²) in [5, 5.41) is 2.94. The van der Waals surface area contributed by atoms with E-state index in [0.717, 1.165) is 46.2 Å². The minimum absolute atomic E-state index is 0.0155. The number of rotatable bonds is 12. The van der Waals surface area contributed by atoms with Crippen molar-refractivity contribution in [1.29, 1.82) is 0 Å². The van der Waals surface area contributed by atoms with Crippen molar-refractivity contribution in [3.63, 3.8) is 0 Å². The Bertz CT molecular complexity index is 1040. The molecule has 0 saturated heterocycles. The van der Waals surface area contributed by atoms with Crippen molar-refractivity contribution in [3.8, 4) is 27.8 Å². The van der Waals surface area contributed by atoms with Crippen molar-refractivity contribution in [2.75, 3.05) is 20.3 Å². The van der Waals surface area contributed by atoms with Gasteiger partial charge in [0.1, 0.15) is 22.3 Å². The van der Waals surface area contributed by atoms with Gasteiger partial charge in [-0.3, -0.25) is 4.79 Å². The summed E-state index contributed by atoms with van der Waals surface area (Å²) in [5.74, 6) is 2.06. The average Bonchev–Trinajstić information content (AvgIpc) is 3.35. The van der Waals surface area contributed by atoms with Crippen molar-refractivity contribution in [3.05, 3.63) is 59.1 Å². The highest BCUT2D eigenvalue weighted by Gasteiger charge is 2.13. The number of hydrogen-bond donors (Lipinski definition) is 0. The quantitative estimate of drug-likeness (QED) is 0.310. The number of methoxy groups -OCH3 is 1. The maximum atomic E-state index is 11.2. The maximum absolute atomic E-state index is 11.2. The molecule has 0 bridgehead atoms. The summed E-state index contributed by atoms with van der Waals surface area (Å²) in [4.78, 5) is 15.7. The third-order valence-electron chi connectivity index (χ3n) is 5.17. The zero-order chi connectivity index (χ0) is 23.6. The molecule has 0 saturated carbocycles. The van der Waals surface area contributed by atoms with E-state index < -0.39 is 0 Å². The van der Waals surface area contributed by atoms with E-state index in [9.17, 15) is 4.79 Å². The Labute approximate surface area is 199 Å². The normalized spacial score (nSPS) is 11.6. The average molecular weight is 470 g/mol. The number of esters is 1. The Kier molecular flexibility index (Phi) is 9.13. The second kappa shape index (κ2) is 12.3. The molecule has 3 aromatic rings. The van der Waals surface area contributed by atoms with Gasteiger partial charge in [0.05, 0.1) is 38.4 Å². The Morgan fingerprint density at radius 3 is 2.61 bits per heavy atom. The lowest BCUT2D eigenvalue weighted by Gasteiger charge is -2.18. The van der Waals surface area contributed by atoms with Crippen LogP contribution in [0.15, 0.2) is 48.0 Å². The van der Waals surface area contributed by atoms with E-state index in [0.29, 0.717) is 6.61 Å². The minimum Gasteiger partial charge on any atom is -0.493 e. The van der Waals surface area contributed by atoms with Crippen molar-refractivity contribution in [2.45, 2.75) is 46.1 Å². The molecule has 0 N–H and O–H groups in total. The van der Waals surface area contributed by atoms with Crippen LogP contribution in [0.4, 0.5) is 0 Å². The molecule has 1 atom stereocenters. The van der Waals surface area contributed by atoms with Gasteiger partial charge in [-0.15, -0.1) is 11.3 Å². The van der Waals surface area contributed by atoms with Crippen LogP contribution in [0.2, 0.25) is 0 Å². The van der Waals surface area contributed by atoms with Crippen LogP contribution < -0.4 is 14.2 Å². The standard InChI is InChI=1S/C26H31NO5S/c1-5-20-6-8-24(22(17-20)26-27-12-15-33-26)32-19(3)10-13-30-21-7-9-23(18(2)16-21)31-14-11-25(28)29-4/h6-9,12,15-17,19H,5,10-11,13-14H2,1-4H3. The SMILES string of the molecule is CCc1ccc(OC(C)CCOc2ccc(OCCC(=O)OC)c(C)c2)c(-c2nccs2)c1. The summed E-state index contributed by atoms with van der Waals surface area (Å²) in [6, 6.07) is 12.0. The molecule has 1 unspecified atom stereocenters. The van der Waals surface area contributed by atoms with Gasteiger partial charge in [0.15, 0.2) is 0 Å². The van der Waals surface area contributed by atoms with Crippen LogP contribution in [0.25, 0.3) is 10.6 Å².